The van der Waals surface area contributed by atoms with Crippen molar-refractivity contribution in [3.8, 4) is 0 Å². The third-order valence-electron chi connectivity index (χ3n) is 2.37. The zero-order chi connectivity index (χ0) is 11.9. The van der Waals surface area contributed by atoms with Gasteiger partial charge in [0.15, 0.2) is 0 Å². The maximum atomic E-state index is 6.14. The fourth-order valence-electron chi connectivity index (χ4n) is 1.74. The van der Waals surface area contributed by atoms with Gasteiger partial charge in [0, 0.05) is 18.6 Å². The fourth-order valence-corrected chi connectivity index (χ4v) is 2.23. The summed E-state index contributed by atoms with van der Waals surface area (Å²) in [4.78, 5) is 4.55. The standard InChI is InChI=1S/C11H13BrClN3/c1-7(13)11-14-9-6-8(12)4-5-10(9)16(11)15(2)3/h4-7H,1-3H3. The lowest BCUT2D eigenvalue weighted by Gasteiger charge is -2.19. The van der Waals surface area contributed by atoms with Gasteiger partial charge in [0.2, 0.25) is 0 Å². The molecule has 1 atom stereocenters. The summed E-state index contributed by atoms with van der Waals surface area (Å²) < 4.78 is 3.05. The molecule has 2 rings (SSSR count). The highest BCUT2D eigenvalue weighted by Gasteiger charge is 2.16. The second-order valence-corrected chi connectivity index (χ2v) is 5.45. The van der Waals surface area contributed by atoms with Gasteiger partial charge in [0.1, 0.15) is 5.82 Å². The molecule has 3 nitrogen and oxygen atoms in total. The largest absolute Gasteiger partial charge is 0.317 e. The third kappa shape index (κ3) is 1.92. The normalized spacial score (nSPS) is 13.1. The molecule has 16 heavy (non-hydrogen) atoms. The number of rotatable bonds is 2. The molecule has 1 aromatic heterocycles. The number of hydrogen-bond acceptors (Lipinski definition) is 2. The van der Waals surface area contributed by atoms with Crippen molar-refractivity contribution in [3.63, 3.8) is 0 Å². The Hall–Kier alpha value is -0.740. The van der Waals surface area contributed by atoms with E-state index in [4.69, 9.17) is 11.6 Å². The van der Waals surface area contributed by atoms with Crippen molar-refractivity contribution in [2.75, 3.05) is 19.1 Å². The van der Waals surface area contributed by atoms with Crippen LogP contribution in [-0.4, -0.2) is 23.8 Å². The van der Waals surface area contributed by atoms with Crippen LogP contribution in [-0.2, 0) is 0 Å². The van der Waals surface area contributed by atoms with E-state index < -0.39 is 0 Å². The molecule has 0 N–H and O–H groups in total. The number of benzene rings is 1. The summed E-state index contributed by atoms with van der Waals surface area (Å²) in [6.07, 6.45) is 0. The van der Waals surface area contributed by atoms with E-state index in [1.165, 1.54) is 0 Å². The molecule has 0 fully saturated rings. The summed E-state index contributed by atoms with van der Waals surface area (Å²) in [5.74, 6) is 0.861. The zero-order valence-electron chi connectivity index (χ0n) is 9.41. The molecular weight excluding hydrogens is 289 g/mol. The minimum Gasteiger partial charge on any atom is -0.317 e. The van der Waals surface area contributed by atoms with Gasteiger partial charge in [0.05, 0.1) is 16.4 Å². The Labute approximate surface area is 108 Å². The van der Waals surface area contributed by atoms with Crippen LogP contribution in [0.3, 0.4) is 0 Å². The van der Waals surface area contributed by atoms with Crippen molar-refractivity contribution in [1.29, 1.82) is 0 Å². The Kier molecular flexibility index (Phi) is 3.13. The lowest BCUT2D eigenvalue weighted by atomic mass is 10.3. The number of alkyl halides is 1. The number of halogens is 2. The molecule has 0 amide bonds. The molecule has 86 valence electrons. The monoisotopic (exact) mass is 301 g/mol. The molecule has 5 heteroatoms. The lowest BCUT2D eigenvalue weighted by molar-refractivity contribution is 0.694. The van der Waals surface area contributed by atoms with Crippen molar-refractivity contribution < 1.29 is 0 Å². The molecule has 0 aliphatic carbocycles. The molecule has 0 saturated carbocycles. The van der Waals surface area contributed by atoms with Gasteiger partial charge < -0.3 is 5.01 Å². The topological polar surface area (TPSA) is 21.1 Å². The van der Waals surface area contributed by atoms with Crippen LogP contribution in [0.4, 0.5) is 0 Å². The van der Waals surface area contributed by atoms with Crippen molar-refractivity contribution in [3.05, 3.63) is 28.5 Å². The van der Waals surface area contributed by atoms with Crippen molar-refractivity contribution in [2.24, 2.45) is 0 Å². The average molecular weight is 303 g/mol. The van der Waals surface area contributed by atoms with Gasteiger partial charge in [-0.2, -0.15) is 0 Å². The van der Waals surface area contributed by atoms with Crippen LogP contribution >= 0.6 is 27.5 Å². The lowest BCUT2D eigenvalue weighted by Crippen LogP contribution is -2.26. The van der Waals surface area contributed by atoms with E-state index in [0.29, 0.717) is 0 Å². The molecule has 1 heterocycles. The number of fused-ring (bicyclic) bond motifs is 1. The summed E-state index contributed by atoms with van der Waals surface area (Å²) >= 11 is 9.59. The van der Waals surface area contributed by atoms with Crippen LogP contribution in [0.1, 0.15) is 18.1 Å². The Morgan fingerprint density at radius 2 is 2.12 bits per heavy atom. The first-order valence-corrected chi connectivity index (χ1v) is 6.23. The smallest absolute Gasteiger partial charge is 0.146 e. The van der Waals surface area contributed by atoms with Crippen LogP contribution in [0.2, 0.25) is 0 Å². The summed E-state index contributed by atoms with van der Waals surface area (Å²) in [5, 5.41) is 1.87. The summed E-state index contributed by atoms with van der Waals surface area (Å²) in [6, 6.07) is 6.04. The van der Waals surface area contributed by atoms with Crippen molar-refractivity contribution in [1.82, 2.24) is 9.66 Å². The van der Waals surface area contributed by atoms with Gasteiger partial charge in [-0.15, -0.1) is 11.6 Å². The predicted molar refractivity (Wildman–Crippen MR) is 71.8 cm³/mol. The van der Waals surface area contributed by atoms with Gasteiger partial charge in [-0.3, -0.25) is 0 Å². The van der Waals surface area contributed by atoms with Crippen molar-refractivity contribution in [2.45, 2.75) is 12.3 Å². The molecular formula is C11H13BrClN3. The molecule has 0 bridgehead atoms. The van der Waals surface area contributed by atoms with Crippen molar-refractivity contribution >= 4 is 38.6 Å². The van der Waals surface area contributed by atoms with Crippen LogP contribution in [0.15, 0.2) is 22.7 Å². The molecule has 1 unspecified atom stereocenters. The number of imidazole rings is 1. The predicted octanol–water partition coefficient (Wildman–Crippen LogP) is 3.30. The minimum absolute atomic E-state index is 0.117. The van der Waals surface area contributed by atoms with E-state index in [1.807, 2.05) is 48.9 Å². The SMILES string of the molecule is CC(Cl)c1nc2cc(Br)ccc2n1N(C)C. The minimum atomic E-state index is -0.117. The van der Waals surface area contributed by atoms with Gasteiger partial charge >= 0.3 is 0 Å². The first kappa shape index (κ1) is 11.7. The van der Waals surface area contributed by atoms with Gasteiger partial charge in [0.25, 0.3) is 0 Å². The maximum Gasteiger partial charge on any atom is 0.146 e. The summed E-state index contributed by atoms with van der Waals surface area (Å²) in [7, 11) is 3.96. The van der Waals surface area contributed by atoms with E-state index in [2.05, 4.69) is 20.9 Å². The van der Waals surface area contributed by atoms with E-state index in [-0.39, 0.29) is 5.38 Å². The fraction of sp³-hybridized carbons (Fsp3) is 0.364. The highest BCUT2D eigenvalue weighted by atomic mass is 79.9. The highest BCUT2D eigenvalue weighted by Crippen LogP contribution is 2.26. The molecule has 0 aliphatic rings. The molecule has 0 spiro atoms. The Bertz CT molecular complexity index is 519. The highest BCUT2D eigenvalue weighted by molar-refractivity contribution is 9.10. The number of nitrogens with zero attached hydrogens (tertiary/aromatic N) is 3. The molecule has 0 radical (unpaired) electrons. The van der Waals surface area contributed by atoms with Gasteiger partial charge in [-0.1, -0.05) is 15.9 Å². The Balaban J connectivity index is 2.75. The second kappa shape index (κ2) is 4.26. The average Bonchev–Trinajstić information content (AvgIpc) is 2.55. The van der Waals surface area contributed by atoms with Gasteiger partial charge in [-0.25, -0.2) is 9.66 Å². The first-order valence-electron chi connectivity index (χ1n) is 5.00. The molecule has 0 saturated heterocycles. The van der Waals surface area contributed by atoms with Crippen LogP contribution < -0.4 is 5.01 Å². The maximum absolute atomic E-state index is 6.14. The first-order chi connectivity index (χ1) is 7.50. The quantitative estimate of drug-likeness (QED) is 0.794. The molecule has 2 aromatic rings. The van der Waals surface area contributed by atoms with E-state index in [9.17, 15) is 0 Å². The third-order valence-corrected chi connectivity index (χ3v) is 3.06. The Morgan fingerprint density at radius 1 is 1.44 bits per heavy atom. The number of hydrogen-bond donors (Lipinski definition) is 0. The van der Waals surface area contributed by atoms with E-state index in [1.54, 1.807) is 0 Å². The summed E-state index contributed by atoms with van der Waals surface area (Å²) in [5.41, 5.74) is 2.02. The van der Waals surface area contributed by atoms with Crippen LogP contribution in [0.25, 0.3) is 11.0 Å². The van der Waals surface area contributed by atoms with Crippen LogP contribution in [0.5, 0.6) is 0 Å². The van der Waals surface area contributed by atoms with Gasteiger partial charge in [-0.05, 0) is 25.1 Å². The number of aromatic nitrogens is 2. The van der Waals surface area contributed by atoms with E-state index >= 15 is 0 Å². The van der Waals surface area contributed by atoms with Crippen LogP contribution in [0, 0.1) is 0 Å². The zero-order valence-corrected chi connectivity index (χ0v) is 11.7. The molecule has 0 aliphatic heterocycles. The van der Waals surface area contributed by atoms with E-state index in [0.717, 1.165) is 21.3 Å². The molecule has 1 aromatic carbocycles. The second-order valence-electron chi connectivity index (χ2n) is 3.88. The Morgan fingerprint density at radius 3 is 2.69 bits per heavy atom. The summed E-state index contributed by atoms with van der Waals surface area (Å²) in [6.45, 7) is 1.93.